The molecule has 17 heavy (non-hydrogen) atoms. The highest BCUT2D eigenvalue weighted by molar-refractivity contribution is 5.72. The fourth-order valence-corrected chi connectivity index (χ4v) is 1.64. The van der Waals surface area contributed by atoms with Gasteiger partial charge in [-0.2, -0.15) is 5.26 Å². The van der Waals surface area contributed by atoms with Crippen molar-refractivity contribution in [3.05, 3.63) is 52.3 Å². The molecule has 4 heteroatoms. The van der Waals surface area contributed by atoms with Crippen LogP contribution in [0.2, 0.25) is 0 Å². The minimum absolute atomic E-state index is 0.110. The summed E-state index contributed by atoms with van der Waals surface area (Å²) in [6.07, 6.45) is 0. The van der Waals surface area contributed by atoms with E-state index >= 15 is 0 Å². The summed E-state index contributed by atoms with van der Waals surface area (Å²) in [4.78, 5) is 11.6. The quantitative estimate of drug-likeness (QED) is 0.803. The minimum Gasteiger partial charge on any atom is -0.493 e. The smallest absolute Gasteiger partial charge is 0.253 e. The molecule has 1 N–H and O–H groups in total. The number of nitrogens with zero attached hydrogens (tertiary/aromatic N) is 2. The summed E-state index contributed by atoms with van der Waals surface area (Å²) in [6, 6.07) is 12.3. The Hall–Kier alpha value is -2.54. The predicted octanol–water partition coefficient (Wildman–Crippen LogP) is 1.63. The first-order valence-corrected chi connectivity index (χ1v) is 5.03. The van der Waals surface area contributed by atoms with E-state index in [1.165, 1.54) is 13.1 Å². The summed E-state index contributed by atoms with van der Waals surface area (Å²) in [5.41, 5.74) is 0.949. The highest BCUT2D eigenvalue weighted by Gasteiger charge is 2.13. The van der Waals surface area contributed by atoms with Gasteiger partial charge in [0.25, 0.3) is 5.56 Å². The van der Waals surface area contributed by atoms with Crippen molar-refractivity contribution in [2.45, 2.75) is 0 Å². The molecule has 0 atom stereocenters. The molecule has 0 unspecified atom stereocenters. The first-order chi connectivity index (χ1) is 8.15. The van der Waals surface area contributed by atoms with E-state index in [1.54, 1.807) is 12.1 Å². The van der Waals surface area contributed by atoms with Crippen LogP contribution in [0.5, 0.6) is 5.88 Å². The highest BCUT2D eigenvalue weighted by Crippen LogP contribution is 2.26. The third kappa shape index (κ3) is 1.79. The maximum atomic E-state index is 11.6. The van der Waals surface area contributed by atoms with Gasteiger partial charge in [0.1, 0.15) is 11.6 Å². The molecular weight excluding hydrogens is 216 g/mol. The molecule has 0 spiro atoms. The van der Waals surface area contributed by atoms with Crippen LogP contribution in [0.3, 0.4) is 0 Å². The van der Waals surface area contributed by atoms with E-state index in [2.05, 4.69) is 0 Å². The van der Waals surface area contributed by atoms with Crippen molar-refractivity contribution >= 4 is 0 Å². The lowest BCUT2D eigenvalue weighted by Gasteiger charge is -2.08. The standard InChI is InChI=1S/C13H10N2O2/c1-15-12(16)7-10(11(8-14)13(15)17)9-5-3-2-4-6-9/h2-7,17H,1H3. The van der Waals surface area contributed by atoms with E-state index in [-0.39, 0.29) is 17.0 Å². The topological polar surface area (TPSA) is 66.0 Å². The Morgan fingerprint density at radius 3 is 2.53 bits per heavy atom. The molecule has 0 bridgehead atoms. The Balaban J connectivity index is 2.81. The maximum Gasteiger partial charge on any atom is 0.253 e. The van der Waals surface area contributed by atoms with Crippen molar-refractivity contribution < 1.29 is 5.11 Å². The van der Waals surface area contributed by atoms with Crippen molar-refractivity contribution in [3.8, 4) is 23.1 Å². The first-order valence-electron chi connectivity index (χ1n) is 5.03. The van der Waals surface area contributed by atoms with Crippen molar-refractivity contribution in [1.82, 2.24) is 4.57 Å². The molecular formula is C13H10N2O2. The lowest BCUT2D eigenvalue weighted by Crippen LogP contribution is -2.16. The number of aromatic hydroxyl groups is 1. The van der Waals surface area contributed by atoms with Gasteiger partial charge in [-0.25, -0.2) is 0 Å². The zero-order valence-electron chi connectivity index (χ0n) is 9.21. The van der Waals surface area contributed by atoms with E-state index in [0.29, 0.717) is 5.56 Å². The molecule has 1 heterocycles. The number of hydrogen-bond acceptors (Lipinski definition) is 3. The second-order valence-corrected chi connectivity index (χ2v) is 3.63. The van der Waals surface area contributed by atoms with E-state index in [9.17, 15) is 9.90 Å². The summed E-state index contributed by atoms with van der Waals surface area (Å²) >= 11 is 0. The van der Waals surface area contributed by atoms with Gasteiger partial charge in [-0.05, 0) is 5.56 Å². The van der Waals surface area contributed by atoms with Gasteiger partial charge >= 0.3 is 0 Å². The van der Waals surface area contributed by atoms with Gasteiger partial charge in [0.2, 0.25) is 5.88 Å². The van der Waals surface area contributed by atoms with Crippen LogP contribution in [0, 0.1) is 11.3 Å². The Labute approximate surface area is 98.0 Å². The highest BCUT2D eigenvalue weighted by atomic mass is 16.3. The second-order valence-electron chi connectivity index (χ2n) is 3.63. The molecule has 2 aromatic rings. The SMILES string of the molecule is Cn1c(O)c(C#N)c(-c2ccccc2)cc1=O. The minimum atomic E-state index is -0.347. The first kappa shape index (κ1) is 11.0. The predicted molar refractivity (Wildman–Crippen MR) is 63.5 cm³/mol. The molecule has 0 aliphatic heterocycles. The number of aromatic nitrogens is 1. The van der Waals surface area contributed by atoms with Gasteiger partial charge in [0.15, 0.2) is 0 Å². The average molecular weight is 226 g/mol. The Kier molecular flexibility index (Phi) is 2.67. The summed E-state index contributed by atoms with van der Waals surface area (Å²) in [6.45, 7) is 0. The third-order valence-electron chi connectivity index (χ3n) is 2.61. The van der Waals surface area contributed by atoms with Gasteiger partial charge in [0, 0.05) is 18.7 Å². The summed E-state index contributed by atoms with van der Waals surface area (Å²) in [5.74, 6) is -0.307. The monoisotopic (exact) mass is 226 g/mol. The van der Waals surface area contributed by atoms with Crippen LogP contribution in [0.25, 0.3) is 11.1 Å². The number of pyridine rings is 1. The molecule has 0 saturated heterocycles. The Morgan fingerprint density at radius 2 is 1.94 bits per heavy atom. The fourth-order valence-electron chi connectivity index (χ4n) is 1.64. The second kappa shape index (κ2) is 4.14. The molecule has 0 aliphatic rings. The average Bonchev–Trinajstić information content (AvgIpc) is 2.36. The van der Waals surface area contributed by atoms with E-state index in [1.807, 2.05) is 24.3 Å². The maximum absolute atomic E-state index is 11.6. The Bertz CT molecular complexity index is 652. The van der Waals surface area contributed by atoms with E-state index in [0.717, 1.165) is 10.1 Å². The van der Waals surface area contributed by atoms with Crippen LogP contribution < -0.4 is 5.56 Å². The van der Waals surface area contributed by atoms with E-state index < -0.39 is 0 Å². The van der Waals surface area contributed by atoms with Crippen LogP contribution in [-0.4, -0.2) is 9.67 Å². The fraction of sp³-hybridized carbons (Fsp3) is 0.0769. The normalized spacial score (nSPS) is 9.88. The summed E-state index contributed by atoms with van der Waals surface area (Å²) in [7, 11) is 1.42. The van der Waals surface area contributed by atoms with Crippen molar-refractivity contribution in [1.29, 1.82) is 5.26 Å². The van der Waals surface area contributed by atoms with Crippen molar-refractivity contribution in [3.63, 3.8) is 0 Å². The lowest BCUT2D eigenvalue weighted by molar-refractivity contribution is 0.422. The zero-order chi connectivity index (χ0) is 12.4. The molecule has 0 amide bonds. The van der Waals surface area contributed by atoms with Crippen molar-refractivity contribution in [2.75, 3.05) is 0 Å². The van der Waals surface area contributed by atoms with Gasteiger partial charge in [-0.3, -0.25) is 9.36 Å². The van der Waals surface area contributed by atoms with Gasteiger partial charge < -0.3 is 5.11 Å². The van der Waals surface area contributed by atoms with Gasteiger partial charge in [-0.15, -0.1) is 0 Å². The third-order valence-corrected chi connectivity index (χ3v) is 2.61. The summed E-state index contributed by atoms with van der Waals surface area (Å²) in [5, 5.41) is 18.8. The van der Waals surface area contributed by atoms with Crippen LogP contribution in [-0.2, 0) is 7.05 Å². The number of nitriles is 1. The molecule has 1 aromatic heterocycles. The van der Waals surface area contributed by atoms with Crippen molar-refractivity contribution in [2.24, 2.45) is 7.05 Å². The summed E-state index contributed by atoms with van der Waals surface area (Å²) < 4.78 is 1.05. The van der Waals surface area contributed by atoms with Crippen LogP contribution in [0.1, 0.15) is 5.56 Å². The van der Waals surface area contributed by atoms with Gasteiger partial charge in [-0.1, -0.05) is 30.3 Å². The molecule has 1 aromatic carbocycles. The van der Waals surface area contributed by atoms with Crippen LogP contribution in [0.15, 0.2) is 41.2 Å². The molecule has 0 aliphatic carbocycles. The zero-order valence-corrected chi connectivity index (χ0v) is 9.21. The molecule has 0 saturated carbocycles. The molecule has 4 nitrogen and oxygen atoms in total. The molecule has 84 valence electrons. The number of rotatable bonds is 1. The Morgan fingerprint density at radius 1 is 1.29 bits per heavy atom. The van der Waals surface area contributed by atoms with E-state index in [4.69, 9.17) is 5.26 Å². The number of hydrogen-bond donors (Lipinski definition) is 1. The molecule has 0 fully saturated rings. The van der Waals surface area contributed by atoms with Crippen LogP contribution >= 0.6 is 0 Å². The van der Waals surface area contributed by atoms with Crippen LogP contribution in [0.4, 0.5) is 0 Å². The molecule has 0 radical (unpaired) electrons. The largest absolute Gasteiger partial charge is 0.493 e. The lowest BCUT2D eigenvalue weighted by atomic mass is 10.0. The number of benzene rings is 1. The van der Waals surface area contributed by atoms with Gasteiger partial charge in [0.05, 0.1) is 0 Å². The molecule has 2 rings (SSSR count).